The van der Waals surface area contributed by atoms with Gasteiger partial charge in [0.2, 0.25) is 0 Å². The van der Waals surface area contributed by atoms with Gasteiger partial charge >= 0.3 is 5.97 Å². The van der Waals surface area contributed by atoms with Crippen LogP contribution in [-0.2, 0) is 10.5 Å². The highest BCUT2D eigenvalue weighted by molar-refractivity contribution is 7.98. The van der Waals surface area contributed by atoms with Gasteiger partial charge in [0.25, 0.3) is 11.7 Å². The Hall–Kier alpha value is -1.61. The zero-order chi connectivity index (χ0) is 14.4. The van der Waals surface area contributed by atoms with Crippen molar-refractivity contribution in [2.24, 2.45) is 0 Å². The number of nitrogens with one attached hydrogen (secondary N) is 1. The largest absolute Gasteiger partial charge is 0.479 e. The first-order valence-electron chi connectivity index (χ1n) is 5.07. The van der Waals surface area contributed by atoms with Gasteiger partial charge in [-0.25, -0.2) is 4.79 Å². The lowest BCUT2D eigenvalue weighted by Gasteiger charge is -2.05. The number of aliphatic carboxylic acids is 1. The molecule has 0 spiro atoms. The lowest BCUT2D eigenvalue weighted by Crippen LogP contribution is -2.36. The summed E-state index contributed by atoms with van der Waals surface area (Å²) >= 11 is 0.355. The second kappa shape index (κ2) is 7.10. The van der Waals surface area contributed by atoms with Gasteiger partial charge in [0.15, 0.2) is 11.9 Å². The average Bonchev–Trinajstić information content (AvgIpc) is 2.81. The molecular weight excluding hydrogens is 284 g/mol. The van der Waals surface area contributed by atoms with Crippen LogP contribution in [0.4, 0.5) is 8.78 Å². The number of carbonyl (C=O) groups excluding carboxylic acids is 1. The number of halogens is 2. The van der Waals surface area contributed by atoms with Gasteiger partial charge in [0.1, 0.15) is 5.76 Å². The third kappa shape index (κ3) is 5.26. The average molecular weight is 295 g/mol. The van der Waals surface area contributed by atoms with Crippen LogP contribution in [0.25, 0.3) is 0 Å². The number of rotatable bonds is 7. The molecule has 0 saturated heterocycles. The summed E-state index contributed by atoms with van der Waals surface area (Å²) in [5.74, 6) is -4.74. The fraction of sp³-hybridized carbons (Fsp3) is 0.400. The summed E-state index contributed by atoms with van der Waals surface area (Å²) in [6.07, 6.45) is -1.72. The first kappa shape index (κ1) is 15.4. The standard InChI is InChI=1S/C10H11F2NO5S/c11-10(12)19-4-5-1-2-7(18-5)8(15)13-3-6(14)9(16)17/h1-2,6,10,14H,3-4H2,(H,13,15)(H,16,17). The van der Waals surface area contributed by atoms with Gasteiger partial charge in [-0.1, -0.05) is 11.8 Å². The van der Waals surface area contributed by atoms with E-state index in [9.17, 15) is 18.4 Å². The van der Waals surface area contributed by atoms with E-state index < -0.39 is 30.3 Å². The van der Waals surface area contributed by atoms with Crippen LogP contribution in [0.1, 0.15) is 16.3 Å². The van der Waals surface area contributed by atoms with E-state index in [-0.39, 0.29) is 17.3 Å². The van der Waals surface area contributed by atoms with E-state index in [2.05, 4.69) is 5.32 Å². The molecule has 9 heteroatoms. The van der Waals surface area contributed by atoms with Crippen molar-refractivity contribution in [3.8, 4) is 0 Å². The molecule has 1 heterocycles. The van der Waals surface area contributed by atoms with Gasteiger partial charge < -0.3 is 19.9 Å². The molecular formula is C10H11F2NO5S. The Balaban J connectivity index is 2.47. The minimum atomic E-state index is -2.53. The molecule has 0 aliphatic carbocycles. The number of amides is 1. The van der Waals surface area contributed by atoms with Crippen LogP contribution in [0.3, 0.4) is 0 Å². The Morgan fingerprint density at radius 3 is 2.68 bits per heavy atom. The highest BCUT2D eigenvalue weighted by Crippen LogP contribution is 2.21. The van der Waals surface area contributed by atoms with Crippen molar-refractivity contribution >= 4 is 23.6 Å². The van der Waals surface area contributed by atoms with E-state index in [1.165, 1.54) is 12.1 Å². The summed E-state index contributed by atoms with van der Waals surface area (Å²) in [6, 6.07) is 2.65. The van der Waals surface area contributed by atoms with Crippen LogP contribution in [0, 0.1) is 0 Å². The lowest BCUT2D eigenvalue weighted by molar-refractivity contribution is -0.146. The predicted molar refractivity (Wildman–Crippen MR) is 62.0 cm³/mol. The van der Waals surface area contributed by atoms with Gasteiger partial charge in [-0.2, -0.15) is 8.78 Å². The topological polar surface area (TPSA) is 99.8 Å². The fourth-order valence-corrected chi connectivity index (χ4v) is 1.53. The second-order valence-corrected chi connectivity index (χ2v) is 4.38. The van der Waals surface area contributed by atoms with E-state index in [1.807, 2.05) is 0 Å². The highest BCUT2D eigenvalue weighted by atomic mass is 32.2. The molecule has 1 unspecified atom stereocenters. The van der Waals surface area contributed by atoms with Crippen molar-refractivity contribution in [2.45, 2.75) is 17.6 Å². The molecule has 0 fully saturated rings. The molecule has 0 radical (unpaired) electrons. The zero-order valence-electron chi connectivity index (χ0n) is 9.51. The number of hydrogen-bond acceptors (Lipinski definition) is 5. The summed E-state index contributed by atoms with van der Waals surface area (Å²) in [5, 5.41) is 19.5. The molecule has 0 aliphatic heterocycles. The van der Waals surface area contributed by atoms with E-state index in [0.29, 0.717) is 11.8 Å². The van der Waals surface area contributed by atoms with Crippen LogP contribution in [-0.4, -0.2) is 40.5 Å². The van der Waals surface area contributed by atoms with Crippen LogP contribution in [0.2, 0.25) is 0 Å². The number of furan rings is 1. The Morgan fingerprint density at radius 2 is 2.11 bits per heavy atom. The predicted octanol–water partition coefficient (Wildman–Crippen LogP) is 0.911. The van der Waals surface area contributed by atoms with Crippen molar-refractivity contribution in [1.82, 2.24) is 5.32 Å². The van der Waals surface area contributed by atoms with Crippen LogP contribution in [0.15, 0.2) is 16.5 Å². The van der Waals surface area contributed by atoms with Gasteiger partial charge in [0, 0.05) is 0 Å². The smallest absolute Gasteiger partial charge is 0.334 e. The minimum Gasteiger partial charge on any atom is -0.479 e. The SMILES string of the molecule is O=C(NCC(O)C(=O)O)c1ccc(CSC(F)F)o1. The fourth-order valence-electron chi connectivity index (χ4n) is 1.09. The quantitative estimate of drug-likeness (QED) is 0.691. The van der Waals surface area contributed by atoms with Gasteiger partial charge in [-0.15, -0.1) is 0 Å². The van der Waals surface area contributed by atoms with Crippen molar-refractivity contribution < 1.29 is 33.0 Å². The Kier molecular flexibility index (Phi) is 5.77. The third-order valence-electron chi connectivity index (χ3n) is 1.98. The van der Waals surface area contributed by atoms with Gasteiger partial charge in [0.05, 0.1) is 12.3 Å². The molecule has 0 saturated carbocycles. The molecule has 106 valence electrons. The molecule has 6 nitrogen and oxygen atoms in total. The Bertz CT molecular complexity index is 451. The van der Waals surface area contributed by atoms with Crippen LogP contribution >= 0.6 is 11.8 Å². The summed E-state index contributed by atoms with van der Waals surface area (Å²) < 4.78 is 28.9. The zero-order valence-corrected chi connectivity index (χ0v) is 10.3. The van der Waals surface area contributed by atoms with E-state index in [4.69, 9.17) is 14.6 Å². The summed E-state index contributed by atoms with van der Waals surface area (Å²) in [4.78, 5) is 21.8. The third-order valence-corrected chi connectivity index (χ3v) is 2.68. The molecule has 1 aromatic rings. The minimum absolute atomic E-state index is 0.0807. The van der Waals surface area contributed by atoms with Crippen molar-refractivity contribution in [2.75, 3.05) is 6.54 Å². The van der Waals surface area contributed by atoms with Gasteiger partial charge in [-0.3, -0.25) is 4.79 Å². The molecule has 3 N–H and O–H groups in total. The number of carboxylic acids is 1. The second-order valence-electron chi connectivity index (χ2n) is 3.40. The molecule has 1 atom stereocenters. The normalized spacial score (nSPS) is 12.4. The van der Waals surface area contributed by atoms with Crippen molar-refractivity contribution in [3.63, 3.8) is 0 Å². The first-order chi connectivity index (χ1) is 8.90. The number of thioether (sulfide) groups is 1. The molecule has 1 aromatic heterocycles. The molecule has 0 aliphatic rings. The van der Waals surface area contributed by atoms with Gasteiger partial charge in [-0.05, 0) is 12.1 Å². The van der Waals surface area contributed by atoms with Crippen LogP contribution in [0.5, 0.6) is 0 Å². The first-order valence-corrected chi connectivity index (χ1v) is 6.12. The number of carboxylic acid groups (broad SMARTS) is 1. The molecule has 0 bridgehead atoms. The highest BCUT2D eigenvalue weighted by Gasteiger charge is 2.17. The maximum absolute atomic E-state index is 11.9. The molecule has 19 heavy (non-hydrogen) atoms. The van der Waals surface area contributed by atoms with E-state index in [0.717, 1.165) is 0 Å². The summed E-state index contributed by atoms with van der Waals surface area (Å²) in [5.41, 5.74) is 0. The molecule has 1 rings (SSSR count). The van der Waals surface area contributed by atoms with E-state index in [1.54, 1.807) is 0 Å². The monoisotopic (exact) mass is 295 g/mol. The van der Waals surface area contributed by atoms with Crippen LogP contribution < -0.4 is 5.32 Å². The number of aliphatic hydroxyl groups is 1. The number of alkyl halides is 2. The van der Waals surface area contributed by atoms with Crippen molar-refractivity contribution in [1.29, 1.82) is 0 Å². The maximum atomic E-state index is 11.9. The number of aliphatic hydroxyl groups excluding tert-OH is 1. The number of hydrogen-bond donors (Lipinski definition) is 3. The summed E-state index contributed by atoms with van der Waals surface area (Å²) in [7, 11) is 0. The lowest BCUT2D eigenvalue weighted by atomic mass is 10.3. The molecule has 0 aromatic carbocycles. The van der Waals surface area contributed by atoms with Crippen molar-refractivity contribution in [3.05, 3.63) is 23.7 Å². The summed E-state index contributed by atoms with van der Waals surface area (Å²) in [6.45, 7) is -0.476. The van der Waals surface area contributed by atoms with E-state index >= 15 is 0 Å². The molecule has 1 amide bonds. The Labute approximate surface area is 110 Å². The number of carbonyl (C=O) groups is 2. The Morgan fingerprint density at radius 1 is 1.42 bits per heavy atom. The maximum Gasteiger partial charge on any atom is 0.334 e.